The molecule has 8 heterocycles. The van der Waals surface area contributed by atoms with Gasteiger partial charge in [0.2, 0.25) is 0 Å². The third kappa shape index (κ3) is 21.5. The van der Waals surface area contributed by atoms with Crippen LogP contribution in [-0.4, -0.2) is 156 Å². The number of ether oxygens (including phenoxy) is 4. The number of methoxy groups -OCH3 is 4. The quantitative estimate of drug-likeness (QED) is 0.0297. The van der Waals surface area contributed by atoms with Gasteiger partial charge < -0.3 is 54.8 Å². The first-order valence-electron chi connectivity index (χ1n) is 32.0. The van der Waals surface area contributed by atoms with Crippen LogP contribution >= 0.6 is 15.9 Å². The summed E-state index contributed by atoms with van der Waals surface area (Å²) in [5, 5.41) is 56.4. The van der Waals surface area contributed by atoms with Gasteiger partial charge in [-0.05, 0) is 173 Å². The number of carbonyl (C=O) groups excluding carboxylic acids is 2. The van der Waals surface area contributed by atoms with Gasteiger partial charge >= 0.3 is 80.3 Å². The average molecular weight is 1610 g/mol. The Hall–Kier alpha value is -9.99. The number of nitrogens with one attached hydrogen (secondary N) is 2. The molecule has 1 amide bonds. The van der Waals surface area contributed by atoms with E-state index in [0.717, 1.165) is 66.4 Å². The number of H-pyrrole nitrogens is 2. The molecule has 0 radical (unpaired) electrons. The molecule has 33 heteroatoms. The molecule has 110 heavy (non-hydrogen) atoms. The van der Waals surface area contributed by atoms with Crippen LogP contribution in [0.25, 0.3) is 77.5 Å². The van der Waals surface area contributed by atoms with Gasteiger partial charge in [-0.25, -0.2) is 44.7 Å². The van der Waals surface area contributed by atoms with Gasteiger partial charge in [-0.2, -0.15) is 15.8 Å². The number of aromatic amines is 2. The number of pyridine rings is 4. The summed E-state index contributed by atoms with van der Waals surface area (Å²) in [5.74, 6) is 1.31. The van der Waals surface area contributed by atoms with Gasteiger partial charge in [0.15, 0.2) is 11.3 Å². The molecule has 0 fully saturated rings. The number of aryl methyl sites for hydroxylation is 2. The molecule has 0 aliphatic carbocycles. The molecule has 0 spiro atoms. The first-order chi connectivity index (χ1) is 51.6. The number of hydrogen-bond acceptors (Lipinski definition) is 21. The van der Waals surface area contributed by atoms with Gasteiger partial charge in [-0.1, -0.05) is 74.5 Å². The molecule has 0 bridgehead atoms. The molecule has 14 rings (SSSR count). The zero-order valence-electron chi connectivity index (χ0n) is 59.5. The normalized spacial score (nSPS) is 10.2. The van der Waals surface area contributed by atoms with E-state index in [2.05, 4.69) is 62.9 Å². The van der Waals surface area contributed by atoms with Crippen LogP contribution in [0, 0.1) is 47.8 Å². The minimum absolute atomic E-state index is 0. The number of nitriles is 3. The standard InChI is InChI=1S/C22H17N3O3S.C15H13N3O2.C15H11N3O.C14H11BrN2O2S.C8H8BNO3.CH2O3.2CH4.3Na/c1-15-5-9-18(10-6-15)29(26,27)25-14-20(19-4-3-11-24-22(19)25)16-7-8-17(13-23)21(12-16)28-2;1-20-13-7-9(4-5-11(13)14(16)19)12-8-18-15-10(12)3-2-6-17-15;1-19-14-7-10(4-5-11(14)8-16)13-9-18-15-12(13)3-2-6-17-15;1-10-4-6-11(7-5-10)20(18,19)17-9-13(15)12-3-2-8-16-14(12)17;1-13-8-4-7(9(11)12)3-2-6(8)5-10;2-1-4-3;;;;;/h3-12,14H,1-2H3;2-8H,1H3,(H2,16,19)(H,17,18);2-7,9H,1H3,(H,17,18);2-9H,1H3;2-4,11-12H,1H3;1,3H;2*1H4;;;/q;;;;;;;;;;+1/p-1. The van der Waals surface area contributed by atoms with Crippen LogP contribution in [0.4, 0.5) is 0 Å². The summed E-state index contributed by atoms with van der Waals surface area (Å²) in [4.78, 5) is 46.3. The van der Waals surface area contributed by atoms with Crippen molar-refractivity contribution < 1.29 is 95.1 Å². The predicted molar refractivity (Wildman–Crippen MR) is 420 cm³/mol. The summed E-state index contributed by atoms with van der Waals surface area (Å²) in [7, 11) is -3.01. The number of aromatic nitrogens is 8. The molecule has 546 valence electrons. The molecule has 0 saturated heterocycles. The molecule has 0 aliphatic rings. The second-order valence-corrected chi connectivity index (χ2v) is 26.7. The van der Waals surface area contributed by atoms with Crippen molar-refractivity contribution in [1.29, 1.82) is 15.8 Å². The first kappa shape index (κ1) is 90.6. The van der Waals surface area contributed by atoms with Gasteiger partial charge in [-0.3, -0.25) is 9.59 Å². The number of primary amides is 1. The Balaban J connectivity index is 0.000000244. The van der Waals surface area contributed by atoms with E-state index in [1.165, 1.54) is 97.3 Å². The molecule has 0 aliphatic heterocycles. The molecular weight excluding hydrogens is 1540 g/mol. The first-order valence-corrected chi connectivity index (χ1v) is 43.6. The zero-order valence-corrected chi connectivity index (χ0v) is 68.7. The Morgan fingerprint density at radius 3 is 1.32 bits per heavy atom. The Morgan fingerprint density at radius 2 is 0.909 bits per heavy atom. The Kier molecular flexibility index (Phi) is 35.3. The van der Waals surface area contributed by atoms with Crippen LogP contribution in [-0.2, 0) is 29.7 Å². The summed E-state index contributed by atoms with van der Waals surface area (Å²) in [6, 6.07) is 54.9. The van der Waals surface area contributed by atoms with Gasteiger partial charge in [0.05, 0.1) is 60.5 Å². The molecular formula is C77H69BBrN12Na3O14S2. The Bertz CT molecular complexity index is 5870. The maximum absolute atomic E-state index is 13.3. The molecule has 26 nitrogen and oxygen atoms in total. The Labute approximate surface area is 694 Å². The second-order valence-electron chi connectivity index (χ2n) is 22.2. The van der Waals surface area contributed by atoms with E-state index in [9.17, 15) is 26.9 Å². The molecule has 0 saturated carbocycles. The van der Waals surface area contributed by atoms with Gasteiger partial charge in [0.25, 0.3) is 32.4 Å². The van der Waals surface area contributed by atoms with Crippen LogP contribution in [0.1, 0.15) is 53.0 Å². The van der Waals surface area contributed by atoms with Crippen molar-refractivity contribution in [2.75, 3.05) is 28.4 Å². The van der Waals surface area contributed by atoms with Crippen LogP contribution in [0.2, 0.25) is 0 Å². The van der Waals surface area contributed by atoms with E-state index in [1.807, 2.05) is 86.9 Å². The fourth-order valence-electron chi connectivity index (χ4n) is 10.6. The topological polar surface area (TPSA) is 402 Å². The fraction of sp³-hybridized carbons (Fsp3) is 0.104. The number of rotatable bonds is 14. The van der Waals surface area contributed by atoms with E-state index in [0.29, 0.717) is 77.4 Å². The molecule has 0 atom stereocenters. The Morgan fingerprint density at radius 1 is 0.545 bits per heavy atom. The summed E-state index contributed by atoms with van der Waals surface area (Å²) >= 11 is 6.26. The van der Waals surface area contributed by atoms with Crippen molar-refractivity contribution in [3.8, 4) is 74.6 Å². The summed E-state index contributed by atoms with van der Waals surface area (Å²) in [5.41, 5.74) is 17.1. The van der Waals surface area contributed by atoms with Gasteiger partial charge in [-0.15, -0.1) is 0 Å². The van der Waals surface area contributed by atoms with Crippen molar-refractivity contribution in [3.63, 3.8) is 0 Å². The maximum atomic E-state index is 13.3. The van der Waals surface area contributed by atoms with E-state index in [-0.39, 0.29) is 60.7 Å². The second kappa shape index (κ2) is 42.8. The number of carbonyl (C=O) groups is 2. The van der Waals surface area contributed by atoms with Gasteiger partial charge in [0, 0.05) is 92.3 Å². The predicted octanol–water partition coefficient (Wildman–Crippen LogP) is 8.12. The molecule has 6 aromatic carbocycles. The van der Waals surface area contributed by atoms with Crippen molar-refractivity contribution in [1.82, 2.24) is 37.8 Å². The zero-order chi connectivity index (χ0) is 77.5. The molecule has 8 aromatic heterocycles. The molecule has 14 aromatic rings. The van der Waals surface area contributed by atoms with Crippen molar-refractivity contribution in [3.05, 3.63) is 257 Å². The van der Waals surface area contributed by atoms with Crippen molar-refractivity contribution >= 4 is 149 Å². The molecule has 0 unspecified atom stereocenters. The number of fused-ring (bicyclic) bond motifs is 4. The third-order valence-corrected chi connectivity index (χ3v) is 19.8. The summed E-state index contributed by atoms with van der Waals surface area (Å²) < 4.78 is 75.7. The van der Waals surface area contributed by atoms with E-state index in [4.69, 9.17) is 55.3 Å². The van der Waals surface area contributed by atoms with Crippen LogP contribution in [0.5, 0.6) is 23.0 Å². The van der Waals surface area contributed by atoms with Crippen molar-refractivity contribution in [2.45, 2.75) is 38.5 Å². The number of nitrogens with zero attached hydrogens (tertiary/aromatic N) is 9. The van der Waals surface area contributed by atoms with Crippen LogP contribution in [0.15, 0.2) is 234 Å². The number of nitrogens with two attached hydrogens (primary N) is 1. The third-order valence-electron chi connectivity index (χ3n) is 15.8. The number of benzene rings is 6. The fourth-order valence-corrected chi connectivity index (χ4v) is 13.9. The van der Waals surface area contributed by atoms with E-state index in [1.54, 1.807) is 135 Å². The summed E-state index contributed by atoms with van der Waals surface area (Å²) in [6.07, 6.45) is 13.5. The van der Waals surface area contributed by atoms with Crippen LogP contribution in [0.3, 0.4) is 0 Å². The minimum atomic E-state index is -3.83. The van der Waals surface area contributed by atoms with Gasteiger partial charge in [0.1, 0.15) is 52.5 Å². The SMILES string of the molecule is C.C.COc1cc(-c2c[nH]c3ncccc23)ccc1C#N.COc1cc(-c2c[nH]c3ncccc23)ccc1C(N)=O.COc1cc(-c2cn(S(=O)(=O)c3ccc(C)cc3)c3ncccc23)ccc1C#N.COc1cc(B(O)O)ccc1C#N.Cc1ccc(S(=O)(=O)n2cc(Br)c3cccnc32)cc1.O=CO[O-].[Na+].[Na][Na]. The molecule has 6 N–H and O–H groups in total. The number of amides is 1. The summed E-state index contributed by atoms with van der Waals surface area (Å²) in [6.45, 7) is 3.64. The monoisotopic (exact) mass is 1610 g/mol. The van der Waals surface area contributed by atoms with Crippen LogP contribution < -0.4 is 65.0 Å². The van der Waals surface area contributed by atoms with Crippen molar-refractivity contribution in [2.24, 2.45) is 5.73 Å². The average Bonchev–Trinajstić information content (AvgIpc) is 1.60. The van der Waals surface area contributed by atoms with E-state index >= 15 is 0 Å². The van der Waals surface area contributed by atoms with E-state index < -0.39 is 33.1 Å². The number of hydrogen-bond donors (Lipinski definition) is 5. The number of halogens is 1.